The zero-order valence-corrected chi connectivity index (χ0v) is 15.3. The number of imidazole rings is 1. The SMILES string of the molecule is CC(C)c1cc(C(=O)Nc2ccc(C(F)(F)F)nc2)nc(-c2cncn2C)n1. The molecule has 0 saturated heterocycles. The molecule has 1 N–H and O–H groups in total. The second-order valence-corrected chi connectivity index (χ2v) is 6.43. The largest absolute Gasteiger partial charge is 0.433 e. The summed E-state index contributed by atoms with van der Waals surface area (Å²) < 4.78 is 39.5. The second-order valence-electron chi connectivity index (χ2n) is 6.43. The van der Waals surface area contributed by atoms with E-state index in [2.05, 4.69) is 25.3 Å². The molecule has 0 radical (unpaired) electrons. The minimum atomic E-state index is -4.54. The lowest BCUT2D eigenvalue weighted by Crippen LogP contribution is -2.17. The van der Waals surface area contributed by atoms with Crippen LogP contribution in [0.2, 0.25) is 0 Å². The fraction of sp³-hybridized carbons (Fsp3) is 0.278. The van der Waals surface area contributed by atoms with Gasteiger partial charge >= 0.3 is 6.18 Å². The maximum Gasteiger partial charge on any atom is 0.433 e. The number of anilines is 1. The summed E-state index contributed by atoms with van der Waals surface area (Å²) in [5, 5.41) is 2.51. The van der Waals surface area contributed by atoms with Crippen LogP contribution in [0.3, 0.4) is 0 Å². The number of amides is 1. The molecule has 1 amide bonds. The van der Waals surface area contributed by atoms with Crippen LogP contribution >= 0.6 is 0 Å². The van der Waals surface area contributed by atoms with Crippen LogP contribution in [-0.4, -0.2) is 30.4 Å². The van der Waals surface area contributed by atoms with Crippen molar-refractivity contribution in [3.8, 4) is 11.5 Å². The van der Waals surface area contributed by atoms with Crippen molar-refractivity contribution in [2.75, 3.05) is 5.32 Å². The first-order chi connectivity index (χ1) is 13.1. The Morgan fingerprint density at radius 1 is 1.18 bits per heavy atom. The molecular formula is C18H17F3N6O. The maximum absolute atomic E-state index is 12.6. The average molecular weight is 390 g/mol. The Kier molecular flexibility index (Phi) is 5.12. The Bertz CT molecular complexity index is 995. The zero-order chi connectivity index (χ0) is 20.5. The number of pyridine rings is 1. The monoisotopic (exact) mass is 390 g/mol. The molecule has 7 nitrogen and oxygen atoms in total. The summed E-state index contributed by atoms with van der Waals surface area (Å²) in [4.78, 5) is 28.7. The van der Waals surface area contributed by atoms with Gasteiger partial charge in [-0.15, -0.1) is 0 Å². The summed E-state index contributed by atoms with van der Waals surface area (Å²) in [5.74, 6) is -0.203. The van der Waals surface area contributed by atoms with Crippen molar-refractivity contribution in [1.82, 2.24) is 24.5 Å². The normalized spacial score (nSPS) is 11.7. The molecule has 3 rings (SSSR count). The fourth-order valence-electron chi connectivity index (χ4n) is 2.40. The van der Waals surface area contributed by atoms with Crippen molar-refractivity contribution in [1.29, 1.82) is 0 Å². The van der Waals surface area contributed by atoms with Gasteiger partial charge in [0, 0.05) is 12.7 Å². The van der Waals surface area contributed by atoms with E-state index in [1.165, 1.54) is 0 Å². The molecule has 0 aliphatic rings. The number of aromatic nitrogens is 5. The molecule has 0 fully saturated rings. The Labute approximate surface area is 158 Å². The lowest BCUT2D eigenvalue weighted by Gasteiger charge is -2.11. The van der Waals surface area contributed by atoms with Crippen LogP contribution in [-0.2, 0) is 13.2 Å². The van der Waals surface area contributed by atoms with Gasteiger partial charge in [-0.2, -0.15) is 13.2 Å². The molecule has 0 unspecified atom stereocenters. The van der Waals surface area contributed by atoms with Gasteiger partial charge in [-0.1, -0.05) is 13.8 Å². The molecule has 3 heterocycles. The topological polar surface area (TPSA) is 85.6 Å². The lowest BCUT2D eigenvalue weighted by atomic mass is 10.1. The first-order valence-corrected chi connectivity index (χ1v) is 8.35. The predicted molar refractivity (Wildman–Crippen MR) is 95.5 cm³/mol. The van der Waals surface area contributed by atoms with Crippen molar-refractivity contribution in [3.05, 3.63) is 54.0 Å². The molecule has 3 aromatic heterocycles. The number of nitrogens with zero attached hydrogens (tertiary/aromatic N) is 5. The zero-order valence-electron chi connectivity index (χ0n) is 15.3. The van der Waals surface area contributed by atoms with Gasteiger partial charge in [0.1, 0.15) is 17.1 Å². The number of carbonyl (C=O) groups excluding carboxylic acids is 1. The van der Waals surface area contributed by atoms with Gasteiger partial charge in [0.15, 0.2) is 5.82 Å². The van der Waals surface area contributed by atoms with Crippen LogP contribution in [0.5, 0.6) is 0 Å². The van der Waals surface area contributed by atoms with Gasteiger partial charge in [-0.05, 0) is 24.1 Å². The molecular weight excluding hydrogens is 373 g/mol. The summed E-state index contributed by atoms with van der Waals surface area (Å²) in [6.45, 7) is 3.85. The molecule has 3 aromatic rings. The van der Waals surface area contributed by atoms with E-state index in [-0.39, 0.29) is 17.3 Å². The van der Waals surface area contributed by atoms with Crippen LogP contribution in [0.1, 0.15) is 41.6 Å². The summed E-state index contributed by atoms with van der Waals surface area (Å²) in [5.41, 5.74) is 0.474. The van der Waals surface area contributed by atoms with Gasteiger partial charge in [-0.3, -0.25) is 4.79 Å². The lowest BCUT2D eigenvalue weighted by molar-refractivity contribution is -0.141. The molecule has 0 atom stereocenters. The molecule has 146 valence electrons. The molecule has 28 heavy (non-hydrogen) atoms. The standard InChI is InChI=1S/C18H17F3N6O/c1-10(2)12-6-13(26-16(25-12)14-8-22-9-27(14)3)17(28)24-11-4-5-15(23-7-11)18(19,20)21/h4-10H,1-3H3,(H,24,28). The number of aryl methyl sites for hydroxylation is 1. The predicted octanol–water partition coefficient (Wildman–Crippen LogP) is 3.67. The highest BCUT2D eigenvalue weighted by molar-refractivity contribution is 6.03. The Balaban J connectivity index is 1.91. The number of carbonyl (C=O) groups is 1. The first kappa shape index (κ1) is 19.5. The Morgan fingerprint density at radius 2 is 1.93 bits per heavy atom. The van der Waals surface area contributed by atoms with Crippen LogP contribution in [0.25, 0.3) is 11.5 Å². The molecule has 10 heteroatoms. The van der Waals surface area contributed by atoms with E-state index in [0.717, 1.165) is 18.3 Å². The minimum Gasteiger partial charge on any atom is -0.331 e. The van der Waals surface area contributed by atoms with Crippen LogP contribution in [0.4, 0.5) is 18.9 Å². The van der Waals surface area contributed by atoms with Gasteiger partial charge < -0.3 is 9.88 Å². The van der Waals surface area contributed by atoms with Crippen molar-refractivity contribution in [2.24, 2.45) is 7.05 Å². The quantitative estimate of drug-likeness (QED) is 0.735. The van der Waals surface area contributed by atoms with Crippen LogP contribution in [0.15, 0.2) is 36.9 Å². The van der Waals surface area contributed by atoms with Gasteiger partial charge in [-0.25, -0.2) is 19.9 Å². The van der Waals surface area contributed by atoms with E-state index in [0.29, 0.717) is 17.2 Å². The van der Waals surface area contributed by atoms with Gasteiger partial charge in [0.25, 0.3) is 5.91 Å². The second kappa shape index (κ2) is 7.37. The van der Waals surface area contributed by atoms with E-state index >= 15 is 0 Å². The average Bonchev–Trinajstić information content (AvgIpc) is 3.07. The Morgan fingerprint density at radius 3 is 2.46 bits per heavy atom. The van der Waals surface area contributed by atoms with Crippen molar-refractivity contribution >= 4 is 11.6 Å². The Hall–Kier alpha value is -3.30. The first-order valence-electron chi connectivity index (χ1n) is 8.35. The summed E-state index contributed by atoms with van der Waals surface area (Å²) in [7, 11) is 1.78. The number of nitrogens with one attached hydrogen (secondary N) is 1. The third kappa shape index (κ3) is 4.16. The molecule has 0 aliphatic heterocycles. The van der Waals surface area contributed by atoms with E-state index in [1.54, 1.807) is 30.2 Å². The summed E-state index contributed by atoms with van der Waals surface area (Å²) in [6.07, 6.45) is -0.415. The molecule has 0 saturated carbocycles. The van der Waals surface area contributed by atoms with Crippen LogP contribution < -0.4 is 5.32 Å². The highest BCUT2D eigenvalue weighted by Gasteiger charge is 2.32. The molecule has 0 aliphatic carbocycles. The molecule has 0 bridgehead atoms. The van der Waals surface area contributed by atoms with Crippen molar-refractivity contribution in [2.45, 2.75) is 25.9 Å². The molecule has 0 aromatic carbocycles. The van der Waals surface area contributed by atoms with Gasteiger partial charge in [0.05, 0.1) is 24.4 Å². The highest BCUT2D eigenvalue weighted by atomic mass is 19.4. The highest BCUT2D eigenvalue weighted by Crippen LogP contribution is 2.28. The van der Waals surface area contributed by atoms with E-state index in [9.17, 15) is 18.0 Å². The number of rotatable bonds is 4. The third-order valence-corrected chi connectivity index (χ3v) is 3.93. The number of hydrogen-bond acceptors (Lipinski definition) is 5. The van der Waals surface area contributed by atoms with Crippen LogP contribution in [0, 0.1) is 0 Å². The van der Waals surface area contributed by atoms with E-state index in [4.69, 9.17) is 0 Å². The number of halogens is 3. The maximum atomic E-state index is 12.6. The fourth-order valence-corrected chi connectivity index (χ4v) is 2.40. The summed E-state index contributed by atoms with van der Waals surface area (Å²) >= 11 is 0. The number of alkyl halides is 3. The molecule has 0 spiro atoms. The van der Waals surface area contributed by atoms with Crippen molar-refractivity contribution in [3.63, 3.8) is 0 Å². The summed E-state index contributed by atoms with van der Waals surface area (Å²) in [6, 6.07) is 3.49. The van der Waals surface area contributed by atoms with Gasteiger partial charge in [0.2, 0.25) is 0 Å². The van der Waals surface area contributed by atoms with Crippen molar-refractivity contribution < 1.29 is 18.0 Å². The smallest absolute Gasteiger partial charge is 0.331 e. The third-order valence-electron chi connectivity index (χ3n) is 3.93. The van der Waals surface area contributed by atoms with E-state index < -0.39 is 17.8 Å². The van der Waals surface area contributed by atoms with E-state index in [1.807, 2.05) is 13.8 Å². The number of hydrogen-bond donors (Lipinski definition) is 1. The minimum absolute atomic E-state index is 0.0364.